The first-order valence-electron chi connectivity index (χ1n) is 8.04. The third kappa shape index (κ3) is 4.14. The van der Waals surface area contributed by atoms with Crippen LogP contribution in [0.4, 0.5) is 0 Å². The minimum atomic E-state index is 0.203. The average molecular weight is 296 g/mol. The molecule has 0 N–H and O–H groups in total. The van der Waals surface area contributed by atoms with Crippen LogP contribution in [0.15, 0.2) is 60.7 Å². The Bertz CT molecular complexity index is 539. The Kier molecular flexibility index (Phi) is 4.70. The number of hydrogen-bond donors (Lipinski definition) is 1. The van der Waals surface area contributed by atoms with Crippen molar-refractivity contribution < 1.29 is 0 Å². The number of benzene rings is 2. The van der Waals surface area contributed by atoms with Crippen LogP contribution in [0, 0.1) is 5.92 Å². The molecule has 2 aromatic carbocycles. The molecule has 1 heteroatoms. The van der Waals surface area contributed by atoms with Crippen LogP contribution in [-0.4, -0.2) is 4.75 Å². The standard InChI is InChI=1S/C20H24S/c21-20(16-19-9-5-2-6-10-19)13-11-18(12-14-20)15-17-7-3-1-4-8-17/h1-10,18,21H,11-16H2. The van der Waals surface area contributed by atoms with E-state index in [1.807, 2.05) is 0 Å². The molecule has 1 aliphatic carbocycles. The summed E-state index contributed by atoms with van der Waals surface area (Å²) < 4.78 is 0.203. The van der Waals surface area contributed by atoms with Crippen molar-refractivity contribution >= 4 is 12.6 Å². The van der Waals surface area contributed by atoms with Crippen molar-refractivity contribution in [3.05, 3.63) is 71.8 Å². The summed E-state index contributed by atoms with van der Waals surface area (Å²) in [6, 6.07) is 21.7. The molecule has 1 fully saturated rings. The van der Waals surface area contributed by atoms with E-state index in [1.54, 1.807) is 0 Å². The fourth-order valence-corrected chi connectivity index (χ4v) is 3.96. The number of rotatable bonds is 4. The van der Waals surface area contributed by atoms with Crippen LogP contribution >= 0.6 is 12.6 Å². The molecule has 0 spiro atoms. The summed E-state index contributed by atoms with van der Waals surface area (Å²) in [6.45, 7) is 0. The molecule has 0 nitrogen and oxygen atoms in total. The highest BCUT2D eigenvalue weighted by Crippen LogP contribution is 2.40. The third-order valence-corrected chi connectivity index (χ3v) is 5.38. The van der Waals surface area contributed by atoms with Gasteiger partial charge in [-0.2, -0.15) is 12.6 Å². The van der Waals surface area contributed by atoms with Gasteiger partial charge in [-0.05, 0) is 55.6 Å². The van der Waals surface area contributed by atoms with Crippen LogP contribution in [0.25, 0.3) is 0 Å². The van der Waals surface area contributed by atoms with Gasteiger partial charge in [0.2, 0.25) is 0 Å². The number of thiol groups is 1. The topological polar surface area (TPSA) is 0 Å². The van der Waals surface area contributed by atoms with E-state index in [4.69, 9.17) is 12.6 Å². The van der Waals surface area contributed by atoms with Crippen LogP contribution in [0.5, 0.6) is 0 Å². The van der Waals surface area contributed by atoms with Crippen molar-refractivity contribution in [3.63, 3.8) is 0 Å². The van der Waals surface area contributed by atoms with Crippen molar-refractivity contribution in [1.82, 2.24) is 0 Å². The third-order valence-electron chi connectivity index (χ3n) is 4.78. The molecule has 2 aromatic rings. The fourth-order valence-electron chi connectivity index (χ4n) is 3.52. The summed E-state index contributed by atoms with van der Waals surface area (Å²) in [5, 5.41) is 0. The lowest BCUT2D eigenvalue weighted by Crippen LogP contribution is -2.31. The molecule has 0 heterocycles. The zero-order chi connectivity index (χ0) is 14.5. The maximum Gasteiger partial charge on any atom is 0.0170 e. The molecule has 0 amide bonds. The van der Waals surface area contributed by atoms with Gasteiger partial charge in [-0.15, -0.1) is 0 Å². The first-order chi connectivity index (χ1) is 10.2. The monoisotopic (exact) mass is 296 g/mol. The Morgan fingerprint density at radius 2 is 1.33 bits per heavy atom. The quantitative estimate of drug-likeness (QED) is 0.724. The molecule has 0 bridgehead atoms. The van der Waals surface area contributed by atoms with Crippen LogP contribution in [0.1, 0.15) is 36.8 Å². The smallest absolute Gasteiger partial charge is 0.0170 e. The molecule has 0 saturated heterocycles. The molecule has 110 valence electrons. The summed E-state index contributed by atoms with van der Waals surface area (Å²) in [6.07, 6.45) is 7.44. The lowest BCUT2D eigenvalue weighted by atomic mass is 9.76. The van der Waals surface area contributed by atoms with E-state index < -0.39 is 0 Å². The second-order valence-electron chi connectivity index (χ2n) is 6.52. The molecule has 3 rings (SSSR count). The largest absolute Gasteiger partial charge is 0.172 e. The molecule has 0 radical (unpaired) electrons. The van der Waals surface area contributed by atoms with Gasteiger partial charge in [-0.1, -0.05) is 60.7 Å². The molecule has 21 heavy (non-hydrogen) atoms. The molecule has 0 unspecified atom stereocenters. The van der Waals surface area contributed by atoms with Crippen LogP contribution < -0.4 is 0 Å². The van der Waals surface area contributed by atoms with Crippen molar-refractivity contribution in [2.24, 2.45) is 5.92 Å². The highest BCUT2D eigenvalue weighted by Gasteiger charge is 2.32. The zero-order valence-corrected chi connectivity index (χ0v) is 13.4. The van der Waals surface area contributed by atoms with Gasteiger partial charge in [0.15, 0.2) is 0 Å². The lowest BCUT2D eigenvalue weighted by Gasteiger charge is -2.37. The molecule has 0 aromatic heterocycles. The van der Waals surface area contributed by atoms with E-state index in [2.05, 4.69) is 60.7 Å². The maximum absolute atomic E-state index is 5.03. The summed E-state index contributed by atoms with van der Waals surface area (Å²) in [5.74, 6) is 0.837. The van der Waals surface area contributed by atoms with Crippen LogP contribution in [0.3, 0.4) is 0 Å². The summed E-state index contributed by atoms with van der Waals surface area (Å²) >= 11 is 5.03. The molecular weight excluding hydrogens is 272 g/mol. The Hall–Kier alpha value is -1.21. The van der Waals surface area contributed by atoms with Gasteiger partial charge >= 0.3 is 0 Å². The highest BCUT2D eigenvalue weighted by molar-refractivity contribution is 7.81. The van der Waals surface area contributed by atoms with Gasteiger partial charge in [0.1, 0.15) is 0 Å². The van der Waals surface area contributed by atoms with Crippen molar-refractivity contribution in [2.75, 3.05) is 0 Å². The Balaban J connectivity index is 1.54. The van der Waals surface area contributed by atoms with E-state index in [-0.39, 0.29) is 4.75 Å². The molecule has 0 atom stereocenters. The molecule has 1 aliphatic rings. The van der Waals surface area contributed by atoms with Crippen LogP contribution in [0.2, 0.25) is 0 Å². The van der Waals surface area contributed by atoms with Gasteiger partial charge in [0.05, 0.1) is 0 Å². The van der Waals surface area contributed by atoms with Gasteiger partial charge in [-0.25, -0.2) is 0 Å². The molecular formula is C20H24S. The van der Waals surface area contributed by atoms with E-state index in [1.165, 1.54) is 43.2 Å². The Morgan fingerprint density at radius 1 is 0.810 bits per heavy atom. The number of hydrogen-bond acceptors (Lipinski definition) is 1. The lowest BCUT2D eigenvalue weighted by molar-refractivity contribution is 0.300. The van der Waals surface area contributed by atoms with Crippen molar-refractivity contribution in [3.8, 4) is 0 Å². The van der Waals surface area contributed by atoms with Gasteiger partial charge in [0.25, 0.3) is 0 Å². The Morgan fingerprint density at radius 3 is 1.90 bits per heavy atom. The second kappa shape index (κ2) is 6.70. The molecule has 0 aliphatic heterocycles. The SMILES string of the molecule is SC1(Cc2ccccc2)CCC(Cc2ccccc2)CC1. The summed E-state index contributed by atoms with van der Waals surface area (Å²) in [5.41, 5.74) is 2.91. The predicted octanol–water partition coefficient (Wildman–Crippen LogP) is 5.33. The maximum atomic E-state index is 5.03. The highest BCUT2D eigenvalue weighted by atomic mass is 32.1. The minimum Gasteiger partial charge on any atom is -0.172 e. The van der Waals surface area contributed by atoms with Gasteiger partial charge < -0.3 is 0 Å². The molecule has 1 saturated carbocycles. The first-order valence-corrected chi connectivity index (χ1v) is 8.48. The first kappa shape index (κ1) is 14.7. The summed E-state index contributed by atoms with van der Waals surface area (Å²) in [4.78, 5) is 0. The van der Waals surface area contributed by atoms with E-state index in [0.717, 1.165) is 12.3 Å². The van der Waals surface area contributed by atoms with E-state index in [0.29, 0.717) is 0 Å². The van der Waals surface area contributed by atoms with Crippen LogP contribution in [-0.2, 0) is 12.8 Å². The summed E-state index contributed by atoms with van der Waals surface area (Å²) in [7, 11) is 0. The van der Waals surface area contributed by atoms with Crippen molar-refractivity contribution in [2.45, 2.75) is 43.3 Å². The van der Waals surface area contributed by atoms with E-state index in [9.17, 15) is 0 Å². The minimum absolute atomic E-state index is 0.203. The Labute approximate surface area is 134 Å². The second-order valence-corrected chi connectivity index (χ2v) is 7.47. The van der Waals surface area contributed by atoms with Crippen molar-refractivity contribution in [1.29, 1.82) is 0 Å². The predicted molar refractivity (Wildman–Crippen MR) is 94.0 cm³/mol. The average Bonchev–Trinajstić information content (AvgIpc) is 2.52. The zero-order valence-electron chi connectivity index (χ0n) is 12.5. The van der Waals surface area contributed by atoms with E-state index >= 15 is 0 Å². The van der Waals surface area contributed by atoms with Gasteiger partial charge in [0, 0.05) is 4.75 Å². The fraction of sp³-hybridized carbons (Fsp3) is 0.400. The van der Waals surface area contributed by atoms with Gasteiger partial charge in [-0.3, -0.25) is 0 Å². The normalized spacial score (nSPS) is 25.7.